The Kier molecular flexibility index (Phi) is 4.90. The average molecular weight is 336 g/mol. The Morgan fingerprint density at radius 1 is 1.13 bits per heavy atom. The van der Waals surface area contributed by atoms with Gasteiger partial charge in [-0.1, -0.05) is 23.7 Å². The van der Waals surface area contributed by atoms with Crippen molar-refractivity contribution in [3.05, 3.63) is 57.4 Å². The van der Waals surface area contributed by atoms with Crippen molar-refractivity contribution in [2.24, 2.45) is 0 Å². The van der Waals surface area contributed by atoms with E-state index in [-0.39, 0.29) is 5.69 Å². The van der Waals surface area contributed by atoms with Crippen molar-refractivity contribution in [1.82, 2.24) is 19.6 Å². The third-order valence-electron chi connectivity index (χ3n) is 3.96. The van der Waals surface area contributed by atoms with Gasteiger partial charge < -0.3 is 0 Å². The maximum atomic E-state index is 10.7. The molecule has 1 aliphatic heterocycles. The summed E-state index contributed by atoms with van der Waals surface area (Å²) in [5, 5.41) is 15.5. The van der Waals surface area contributed by atoms with Gasteiger partial charge in [0.2, 0.25) is 0 Å². The van der Waals surface area contributed by atoms with E-state index in [4.69, 9.17) is 11.6 Å². The van der Waals surface area contributed by atoms with Gasteiger partial charge in [-0.25, -0.2) is 0 Å². The first-order valence-corrected chi connectivity index (χ1v) is 7.84. The lowest BCUT2D eigenvalue weighted by Crippen LogP contribution is -2.46. The molecule has 1 aromatic heterocycles. The minimum Gasteiger partial charge on any atom is -0.297 e. The summed E-state index contributed by atoms with van der Waals surface area (Å²) >= 11 is 5.90. The molecule has 0 radical (unpaired) electrons. The van der Waals surface area contributed by atoms with Crippen molar-refractivity contribution in [2.45, 2.75) is 13.2 Å². The van der Waals surface area contributed by atoms with Gasteiger partial charge >= 0.3 is 5.69 Å². The topological polar surface area (TPSA) is 67.4 Å². The zero-order chi connectivity index (χ0) is 16.2. The molecule has 1 fully saturated rings. The zero-order valence-electron chi connectivity index (χ0n) is 12.6. The lowest BCUT2D eigenvalue weighted by molar-refractivity contribution is -0.385. The summed E-state index contributed by atoms with van der Waals surface area (Å²) in [6.07, 6.45) is 2.76. The standard InChI is InChI=1S/C15H18ClN5O2/c16-14-3-1-13(2-4-14)10-18-5-7-19(8-6-18)12-20-11-15(9-17-20)21(22)23/h1-4,9,11H,5-8,10,12H2. The van der Waals surface area contributed by atoms with E-state index < -0.39 is 4.92 Å². The van der Waals surface area contributed by atoms with Crippen LogP contribution in [-0.4, -0.2) is 50.7 Å². The fraction of sp³-hybridized carbons (Fsp3) is 0.400. The molecule has 0 N–H and O–H groups in total. The second-order valence-electron chi connectivity index (χ2n) is 5.66. The molecule has 3 rings (SSSR count). The van der Waals surface area contributed by atoms with Gasteiger partial charge in [-0.05, 0) is 17.7 Å². The molecule has 2 heterocycles. The molecule has 1 aliphatic rings. The fourth-order valence-electron chi connectivity index (χ4n) is 2.67. The van der Waals surface area contributed by atoms with Crippen LogP contribution in [0.15, 0.2) is 36.7 Å². The van der Waals surface area contributed by atoms with Crippen LogP contribution in [0.1, 0.15) is 5.56 Å². The van der Waals surface area contributed by atoms with E-state index in [2.05, 4.69) is 27.0 Å². The number of nitro groups is 1. The number of aromatic nitrogens is 2. The quantitative estimate of drug-likeness (QED) is 0.619. The largest absolute Gasteiger partial charge is 0.307 e. The molecule has 0 amide bonds. The van der Waals surface area contributed by atoms with E-state index >= 15 is 0 Å². The SMILES string of the molecule is O=[N+]([O-])c1cnn(CN2CCN(Cc3ccc(Cl)cc3)CC2)c1. The summed E-state index contributed by atoms with van der Waals surface area (Å²) in [7, 11) is 0. The molecule has 23 heavy (non-hydrogen) atoms. The fourth-order valence-corrected chi connectivity index (χ4v) is 2.79. The van der Waals surface area contributed by atoms with Crippen LogP contribution >= 0.6 is 11.6 Å². The van der Waals surface area contributed by atoms with Crippen LogP contribution in [-0.2, 0) is 13.2 Å². The number of hydrogen-bond acceptors (Lipinski definition) is 5. The van der Waals surface area contributed by atoms with E-state index in [0.717, 1.165) is 37.7 Å². The molecule has 1 saturated heterocycles. The zero-order valence-corrected chi connectivity index (χ0v) is 13.4. The van der Waals surface area contributed by atoms with Crippen molar-refractivity contribution in [2.75, 3.05) is 26.2 Å². The number of benzene rings is 1. The summed E-state index contributed by atoms with van der Waals surface area (Å²) in [6.45, 7) is 5.27. The van der Waals surface area contributed by atoms with Crippen molar-refractivity contribution in [1.29, 1.82) is 0 Å². The van der Waals surface area contributed by atoms with E-state index in [0.29, 0.717) is 6.67 Å². The second kappa shape index (κ2) is 7.08. The predicted octanol–water partition coefficient (Wildman–Crippen LogP) is 2.22. The normalized spacial score (nSPS) is 16.6. The van der Waals surface area contributed by atoms with Gasteiger partial charge in [0.25, 0.3) is 0 Å². The van der Waals surface area contributed by atoms with Gasteiger partial charge in [0.1, 0.15) is 12.4 Å². The van der Waals surface area contributed by atoms with Crippen LogP contribution < -0.4 is 0 Å². The highest BCUT2D eigenvalue weighted by molar-refractivity contribution is 6.30. The number of rotatable bonds is 5. The molecule has 8 heteroatoms. The Bertz CT molecular complexity index is 665. The maximum absolute atomic E-state index is 10.7. The summed E-state index contributed by atoms with van der Waals surface area (Å²) in [5.41, 5.74) is 1.29. The first-order chi connectivity index (χ1) is 11.1. The first kappa shape index (κ1) is 15.9. The summed E-state index contributed by atoms with van der Waals surface area (Å²) < 4.78 is 1.62. The third kappa shape index (κ3) is 4.28. The summed E-state index contributed by atoms with van der Waals surface area (Å²) in [5.74, 6) is 0. The van der Waals surface area contributed by atoms with Crippen LogP contribution in [0.25, 0.3) is 0 Å². The molecular weight excluding hydrogens is 318 g/mol. The van der Waals surface area contributed by atoms with E-state index in [1.807, 2.05) is 12.1 Å². The maximum Gasteiger partial charge on any atom is 0.307 e. The molecule has 0 aliphatic carbocycles. The monoisotopic (exact) mass is 335 g/mol. The first-order valence-electron chi connectivity index (χ1n) is 7.46. The Morgan fingerprint density at radius 2 is 1.78 bits per heavy atom. The Balaban J connectivity index is 1.48. The number of hydrogen-bond donors (Lipinski definition) is 0. The van der Waals surface area contributed by atoms with E-state index in [1.165, 1.54) is 18.0 Å². The molecule has 7 nitrogen and oxygen atoms in total. The Morgan fingerprint density at radius 3 is 2.39 bits per heavy atom. The van der Waals surface area contributed by atoms with Gasteiger partial charge in [-0.2, -0.15) is 5.10 Å². The van der Waals surface area contributed by atoms with Crippen LogP contribution in [0.4, 0.5) is 5.69 Å². The second-order valence-corrected chi connectivity index (χ2v) is 6.09. The molecule has 0 atom stereocenters. The predicted molar refractivity (Wildman–Crippen MR) is 87.2 cm³/mol. The van der Waals surface area contributed by atoms with E-state index in [9.17, 15) is 10.1 Å². The van der Waals surface area contributed by atoms with Crippen LogP contribution in [0.2, 0.25) is 5.02 Å². The average Bonchev–Trinajstić information content (AvgIpc) is 3.00. The number of nitrogens with zero attached hydrogens (tertiary/aromatic N) is 5. The lowest BCUT2D eigenvalue weighted by Gasteiger charge is -2.34. The van der Waals surface area contributed by atoms with E-state index in [1.54, 1.807) is 4.68 Å². The van der Waals surface area contributed by atoms with Crippen molar-refractivity contribution >= 4 is 17.3 Å². The molecule has 0 bridgehead atoms. The minimum absolute atomic E-state index is 0.0337. The Hall–Kier alpha value is -1.96. The van der Waals surface area contributed by atoms with Gasteiger partial charge in [-0.3, -0.25) is 24.6 Å². The van der Waals surface area contributed by atoms with Crippen LogP contribution in [0, 0.1) is 10.1 Å². The summed E-state index contributed by atoms with van der Waals surface area (Å²) in [6, 6.07) is 7.94. The molecule has 0 spiro atoms. The van der Waals surface area contributed by atoms with Gasteiger partial charge in [0.05, 0.1) is 11.6 Å². The highest BCUT2D eigenvalue weighted by atomic mass is 35.5. The van der Waals surface area contributed by atoms with Crippen molar-refractivity contribution < 1.29 is 4.92 Å². The highest BCUT2D eigenvalue weighted by Gasteiger charge is 2.18. The van der Waals surface area contributed by atoms with Gasteiger partial charge in [-0.15, -0.1) is 0 Å². The molecule has 0 saturated carbocycles. The lowest BCUT2D eigenvalue weighted by atomic mass is 10.2. The van der Waals surface area contributed by atoms with Crippen LogP contribution in [0.5, 0.6) is 0 Å². The van der Waals surface area contributed by atoms with Crippen LogP contribution in [0.3, 0.4) is 0 Å². The third-order valence-corrected chi connectivity index (χ3v) is 4.21. The summed E-state index contributed by atoms with van der Waals surface area (Å²) in [4.78, 5) is 14.9. The molecule has 1 aromatic carbocycles. The number of halogens is 1. The number of piperazine rings is 1. The molecule has 2 aromatic rings. The van der Waals surface area contributed by atoms with Gasteiger partial charge in [0.15, 0.2) is 0 Å². The smallest absolute Gasteiger partial charge is 0.297 e. The molecule has 0 unspecified atom stereocenters. The van der Waals surface area contributed by atoms with Crippen molar-refractivity contribution in [3.8, 4) is 0 Å². The Labute approximate surface area is 139 Å². The highest BCUT2D eigenvalue weighted by Crippen LogP contribution is 2.14. The molecule has 122 valence electrons. The van der Waals surface area contributed by atoms with Crippen molar-refractivity contribution in [3.63, 3.8) is 0 Å². The molecular formula is C15H18ClN5O2. The minimum atomic E-state index is -0.423. The van der Waals surface area contributed by atoms with Gasteiger partial charge in [0, 0.05) is 37.7 Å².